The third-order valence-electron chi connectivity index (χ3n) is 2.58. The lowest BCUT2D eigenvalue weighted by molar-refractivity contribution is -0.384. The van der Waals surface area contributed by atoms with Crippen LogP contribution in [0.15, 0.2) is 24.5 Å². The van der Waals surface area contributed by atoms with Crippen molar-refractivity contribution in [2.75, 3.05) is 5.32 Å². The molecule has 0 saturated heterocycles. The van der Waals surface area contributed by atoms with Crippen LogP contribution in [0.4, 0.5) is 17.2 Å². The molecule has 0 aliphatic rings. The Morgan fingerprint density at radius 3 is 2.85 bits per heavy atom. The standard InChI is InChI=1S/C12H8ClN5O2/c1-7-2-3-8(5-14)4-9(7)17-12-10(18(19)20)11(13)15-6-16-12/h2-4,6H,1H3,(H,15,16,17). The van der Waals surface area contributed by atoms with E-state index in [0.29, 0.717) is 11.3 Å². The van der Waals surface area contributed by atoms with Crippen molar-refractivity contribution in [1.29, 1.82) is 5.26 Å². The Hall–Kier alpha value is -2.72. The maximum Gasteiger partial charge on any atom is 0.348 e. The van der Waals surface area contributed by atoms with Gasteiger partial charge in [-0.05, 0) is 24.6 Å². The number of halogens is 1. The summed E-state index contributed by atoms with van der Waals surface area (Å²) in [6.07, 6.45) is 1.13. The molecule has 1 N–H and O–H groups in total. The van der Waals surface area contributed by atoms with Gasteiger partial charge in [-0.25, -0.2) is 9.97 Å². The second-order valence-corrected chi connectivity index (χ2v) is 4.24. The lowest BCUT2D eigenvalue weighted by Gasteiger charge is -2.09. The van der Waals surface area contributed by atoms with Crippen LogP contribution in [-0.2, 0) is 0 Å². The molecule has 0 fully saturated rings. The quantitative estimate of drug-likeness (QED) is 0.529. The van der Waals surface area contributed by atoms with Crippen LogP contribution >= 0.6 is 11.6 Å². The molecule has 1 heterocycles. The van der Waals surface area contributed by atoms with Gasteiger partial charge >= 0.3 is 5.69 Å². The number of hydrogen-bond acceptors (Lipinski definition) is 6. The second kappa shape index (κ2) is 5.50. The molecule has 2 rings (SSSR count). The van der Waals surface area contributed by atoms with E-state index in [1.165, 1.54) is 0 Å². The first-order valence-corrected chi connectivity index (χ1v) is 5.83. The van der Waals surface area contributed by atoms with Crippen LogP contribution < -0.4 is 5.32 Å². The molecule has 0 saturated carbocycles. The Bertz CT molecular complexity index is 726. The van der Waals surface area contributed by atoms with E-state index in [-0.39, 0.29) is 11.0 Å². The van der Waals surface area contributed by atoms with E-state index >= 15 is 0 Å². The lowest BCUT2D eigenvalue weighted by Crippen LogP contribution is -2.02. The molecule has 0 unspecified atom stereocenters. The summed E-state index contributed by atoms with van der Waals surface area (Å²) in [5.74, 6) is -0.0202. The number of nitriles is 1. The Labute approximate surface area is 119 Å². The van der Waals surface area contributed by atoms with Crippen LogP contribution in [0.2, 0.25) is 5.15 Å². The summed E-state index contributed by atoms with van der Waals surface area (Å²) in [6, 6.07) is 6.96. The molecule has 0 radical (unpaired) electrons. The summed E-state index contributed by atoms with van der Waals surface area (Å²) >= 11 is 5.70. The fraction of sp³-hybridized carbons (Fsp3) is 0.0833. The highest BCUT2D eigenvalue weighted by atomic mass is 35.5. The molecule has 8 heteroatoms. The minimum atomic E-state index is -0.659. The molecular weight excluding hydrogens is 282 g/mol. The molecule has 2 aromatic rings. The van der Waals surface area contributed by atoms with E-state index in [4.69, 9.17) is 16.9 Å². The number of hydrogen-bond donors (Lipinski definition) is 1. The molecule has 7 nitrogen and oxygen atoms in total. The maximum atomic E-state index is 11.0. The molecule has 1 aromatic heterocycles. The number of rotatable bonds is 3. The first-order chi connectivity index (χ1) is 9.52. The summed E-state index contributed by atoms with van der Waals surface area (Å²) in [7, 11) is 0. The minimum absolute atomic E-state index is 0.0202. The first kappa shape index (κ1) is 13.7. The maximum absolute atomic E-state index is 11.0. The third-order valence-corrected chi connectivity index (χ3v) is 2.86. The predicted molar refractivity (Wildman–Crippen MR) is 72.9 cm³/mol. The van der Waals surface area contributed by atoms with Crippen molar-refractivity contribution in [3.8, 4) is 6.07 Å². The van der Waals surface area contributed by atoms with E-state index in [9.17, 15) is 10.1 Å². The van der Waals surface area contributed by atoms with Crippen molar-refractivity contribution in [2.45, 2.75) is 6.92 Å². The topological polar surface area (TPSA) is 105 Å². The smallest absolute Gasteiger partial charge is 0.334 e. The van der Waals surface area contributed by atoms with Gasteiger partial charge < -0.3 is 5.32 Å². The summed E-state index contributed by atoms with van der Waals surface area (Å²) in [5, 5.41) is 22.4. The average molecular weight is 290 g/mol. The van der Waals surface area contributed by atoms with Gasteiger partial charge in [0.05, 0.1) is 16.6 Å². The van der Waals surface area contributed by atoms with Crippen molar-refractivity contribution in [3.63, 3.8) is 0 Å². The largest absolute Gasteiger partial charge is 0.348 e. The Balaban J connectivity index is 2.48. The van der Waals surface area contributed by atoms with Gasteiger partial charge in [0.1, 0.15) is 6.33 Å². The molecule has 0 bridgehead atoms. The van der Waals surface area contributed by atoms with Crippen LogP contribution in [0.25, 0.3) is 0 Å². The van der Waals surface area contributed by atoms with E-state index < -0.39 is 10.6 Å². The van der Waals surface area contributed by atoms with Gasteiger partial charge in [-0.3, -0.25) is 10.1 Å². The average Bonchev–Trinajstić information content (AvgIpc) is 2.41. The van der Waals surface area contributed by atoms with E-state index in [1.54, 1.807) is 25.1 Å². The molecule has 0 aliphatic carbocycles. The normalized spacial score (nSPS) is 9.85. The summed E-state index contributed by atoms with van der Waals surface area (Å²) in [4.78, 5) is 17.7. The van der Waals surface area contributed by atoms with Crippen LogP contribution in [0.3, 0.4) is 0 Å². The van der Waals surface area contributed by atoms with Crippen LogP contribution in [0.5, 0.6) is 0 Å². The van der Waals surface area contributed by atoms with Crippen molar-refractivity contribution in [2.24, 2.45) is 0 Å². The van der Waals surface area contributed by atoms with Crippen molar-refractivity contribution >= 4 is 28.8 Å². The molecule has 0 spiro atoms. The highest BCUT2D eigenvalue weighted by Crippen LogP contribution is 2.31. The van der Waals surface area contributed by atoms with Gasteiger partial charge in [-0.15, -0.1) is 0 Å². The summed E-state index contributed by atoms with van der Waals surface area (Å²) in [5.41, 5.74) is 1.38. The van der Waals surface area contributed by atoms with E-state index in [1.807, 2.05) is 6.07 Å². The minimum Gasteiger partial charge on any atom is -0.334 e. The molecule has 100 valence electrons. The Morgan fingerprint density at radius 2 is 2.20 bits per heavy atom. The zero-order valence-electron chi connectivity index (χ0n) is 10.3. The third kappa shape index (κ3) is 2.65. The molecule has 1 aromatic carbocycles. The van der Waals surface area contributed by atoms with Gasteiger partial charge in [0.25, 0.3) is 0 Å². The number of aromatic nitrogens is 2. The van der Waals surface area contributed by atoms with Gasteiger partial charge in [-0.2, -0.15) is 5.26 Å². The van der Waals surface area contributed by atoms with Crippen LogP contribution in [0.1, 0.15) is 11.1 Å². The van der Waals surface area contributed by atoms with Crippen molar-refractivity contribution < 1.29 is 4.92 Å². The zero-order chi connectivity index (χ0) is 14.7. The number of nitrogens with zero attached hydrogens (tertiary/aromatic N) is 4. The number of benzene rings is 1. The molecular formula is C12H8ClN5O2. The van der Waals surface area contributed by atoms with Gasteiger partial charge in [-0.1, -0.05) is 17.7 Å². The first-order valence-electron chi connectivity index (χ1n) is 5.45. The van der Waals surface area contributed by atoms with Gasteiger partial charge in [0.15, 0.2) is 0 Å². The Kier molecular flexibility index (Phi) is 3.77. The SMILES string of the molecule is Cc1ccc(C#N)cc1Nc1ncnc(Cl)c1[N+](=O)[O-]. The Morgan fingerprint density at radius 1 is 1.45 bits per heavy atom. The molecule has 0 amide bonds. The highest BCUT2D eigenvalue weighted by Gasteiger charge is 2.22. The monoisotopic (exact) mass is 289 g/mol. The van der Waals surface area contributed by atoms with E-state index in [2.05, 4.69) is 15.3 Å². The molecule has 0 aliphatic heterocycles. The number of anilines is 2. The summed E-state index contributed by atoms with van der Waals surface area (Å²) in [6.45, 7) is 1.80. The second-order valence-electron chi connectivity index (χ2n) is 3.89. The van der Waals surface area contributed by atoms with Crippen LogP contribution in [0, 0.1) is 28.4 Å². The molecule has 0 atom stereocenters. The van der Waals surface area contributed by atoms with E-state index in [0.717, 1.165) is 11.9 Å². The fourth-order valence-electron chi connectivity index (χ4n) is 1.56. The zero-order valence-corrected chi connectivity index (χ0v) is 11.0. The molecule has 20 heavy (non-hydrogen) atoms. The van der Waals surface area contributed by atoms with Crippen molar-refractivity contribution in [1.82, 2.24) is 9.97 Å². The number of nitrogens with one attached hydrogen (secondary N) is 1. The number of aryl methyl sites for hydroxylation is 1. The fourth-order valence-corrected chi connectivity index (χ4v) is 1.77. The van der Waals surface area contributed by atoms with Gasteiger partial charge in [0.2, 0.25) is 11.0 Å². The predicted octanol–water partition coefficient (Wildman–Crippen LogP) is 2.96. The van der Waals surface area contributed by atoms with Crippen LogP contribution in [-0.4, -0.2) is 14.9 Å². The lowest BCUT2D eigenvalue weighted by atomic mass is 10.1. The highest BCUT2D eigenvalue weighted by molar-refractivity contribution is 6.31. The summed E-state index contributed by atoms with van der Waals surface area (Å²) < 4.78 is 0. The number of nitro groups is 1. The van der Waals surface area contributed by atoms with Gasteiger partial charge in [0, 0.05) is 5.69 Å². The van der Waals surface area contributed by atoms with Crippen molar-refractivity contribution in [3.05, 3.63) is 50.9 Å².